The van der Waals surface area contributed by atoms with Crippen molar-refractivity contribution in [1.29, 1.82) is 0 Å². The van der Waals surface area contributed by atoms with Gasteiger partial charge < -0.3 is 0 Å². The van der Waals surface area contributed by atoms with Crippen LogP contribution < -0.4 is 5.56 Å². The van der Waals surface area contributed by atoms with E-state index < -0.39 is 0 Å². The Hall–Kier alpha value is -2.20. The summed E-state index contributed by atoms with van der Waals surface area (Å²) in [5.41, 5.74) is 4.28. The molecular weight excluding hydrogens is 292 g/mol. The summed E-state index contributed by atoms with van der Waals surface area (Å²) in [5.74, 6) is 0. The third kappa shape index (κ3) is 3.02. The Bertz CT molecular complexity index is 877. The molecule has 0 atom stereocenters. The molecule has 0 aliphatic heterocycles. The number of hydrogen-bond acceptors (Lipinski definition) is 3. The summed E-state index contributed by atoms with van der Waals surface area (Å²) in [6.07, 6.45) is 0. The second kappa shape index (κ2) is 5.89. The van der Waals surface area contributed by atoms with Gasteiger partial charge in [0.25, 0.3) is 5.56 Å². The lowest BCUT2D eigenvalue weighted by Crippen LogP contribution is -2.23. The van der Waals surface area contributed by atoms with E-state index in [4.69, 9.17) is 0 Å². The lowest BCUT2D eigenvalue weighted by atomic mass is 10.1. The second-order valence-electron chi connectivity index (χ2n) is 5.55. The van der Waals surface area contributed by atoms with E-state index >= 15 is 0 Å². The summed E-state index contributed by atoms with van der Waals surface area (Å²) < 4.78 is 1.55. The fourth-order valence-electron chi connectivity index (χ4n) is 2.40. The Balaban J connectivity index is 2.00. The maximum Gasteiger partial charge on any atom is 0.267 e. The fourth-order valence-corrected chi connectivity index (χ4v) is 3.23. The molecule has 22 heavy (non-hydrogen) atoms. The van der Waals surface area contributed by atoms with Crippen LogP contribution in [0.25, 0.3) is 10.6 Å². The highest BCUT2D eigenvalue weighted by molar-refractivity contribution is 7.15. The maximum atomic E-state index is 12.1. The first kappa shape index (κ1) is 14.7. The van der Waals surface area contributed by atoms with E-state index in [0.717, 1.165) is 16.1 Å². The molecule has 0 N–H and O–H groups in total. The zero-order valence-electron chi connectivity index (χ0n) is 13.0. The van der Waals surface area contributed by atoms with E-state index in [0.29, 0.717) is 6.54 Å². The van der Waals surface area contributed by atoms with Gasteiger partial charge in [-0.15, -0.1) is 11.3 Å². The van der Waals surface area contributed by atoms with Gasteiger partial charge in [0, 0.05) is 10.9 Å². The number of thiophene rings is 1. The molecule has 0 radical (unpaired) electrons. The molecule has 2 heterocycles. The Morgan fingerprint density at radius 1 is 1.05 bits per heavy atom. The van der Waals surface area contributed by atoms with Gasteiger partial charge in [-0.25, -0.2) is 4.68 Å². The van der Waals surface area contributed by atoms with Crippen molar-refractivity contribution in [2.24, 2.45) is 0 Å². The molecule has 3 aromatic rings. The van der Waals surface area contributed by atoms with Crippen LogP contribution in [0.3, 0.4) is 0 Å². The van der Waals surface area contributed by atoms with Crippen LogP contribution in [0.5, 0.6) is 0 Å². The number of nitrogens with zero attached hydrogens (tertiary/aromatic N) is 2. The van der Waals surface area contributed by atoms with Crippen LogP contribution in [0.1, 0.15) is 21.6 Å². The summed E-state index contributed by atoms with van der Waals surface area (Å²) in [5, 5.41) is 4.54. The fraction of sp³-hybridized carbons (Fsp3) is 0.222. The molecule has 1 aromatic carbocycles. The molecule has 0 unspecified atom stereocenters. The molecule has 2 aromatic heterocycles. The van der Waals surface area contributed by atoms with Crippen molar-refractivity contribution < 1.29 is 0 Å². The SMILES string of the molecule is Cc1ccc(C)c(Cn2nc(-c3ccc(C)s3)ccc2=O)c1. The molecule has 0 saturated heterocycles. The highest BCUT2D eigenvalue weighted by atomic mass is 32.1. The van der Waals surface area contributed by atoms with Gasteiger partial charge in [0.05, 0.1) is 11.4 Å². The number of hydrogen-bond donors (Lipinski definition) is 0. The van der Waals surface area contributed by atoms with Crippen molar-refractivity contribution in [3.63, 3.8) is 0 Å². The van der Waals surface area contributed by atoms with Gasteiger partial charge in [0.2, 0.25) is 0 Å². The number of benzene rings is 1. The molecule has 0 fully saturated rings. The molecule has 112 valence electrons. The van der Waals surface area contributed by atoms with Crippen LogP contribution in [-0.4, -0.2) is 9.78 Å². The van der Waals surface area contributed by atoms with E-state index in [9.17, 15) is 4.79 Å². The topological polar surface area (TPSA) is 34.9 Å². The smallest absolute Gasteiger partial charge is 0.267 e. The van der Waals surface area contributed by atoms with Gasteiger partial charge in [-0.2, -0.15) is 5.10 Å². The van der Waals surface area contributed by atoms with Crippen molar-refractivity contribution in [3.05, 3.63) is 74.4 Å². The molecule has 0 amide bonds. The van der Waals surface area contributed by atoms with E-state index in [1.807, 2.05) is 0 Å². The first-order chi connectivity index (χ1) is 10.5. The van der Waals surface area contributed by atoms with Gasteiger partial charge in [-0.05, 0) is 50.1 Å². The highest BCUT2D eigenvalue weighted by Gasteiger charge is 2.07. The Kier molecular flexibility index (Phi) is 3.94. The molecule has 0 aliphatic carbocycles. The summed E-state index contributed by atoms with van der Waals surface area (Å²) in [6, 6.07) is 13.8. The van der Waals surface area contributed by atoms with Crippen molar-refractivity contribution in [2.75, 3.05) is 0 Å². The first-order valence-electron chi connectivity index (χ1n) is 7.24. The number of aromatic nitrogens is 2. The summed E-state index contributed by atoms with van der Waals surface area (Å²) in [6.45, 7) is 6.70. The zero-order chi connectivity index (χ0) is 15.7. The highest BCUT2D eigenvalue weighted by Crippen LogP contribution is 2.25. The summed E-state index contributed by atoms with van der Waals surface area (Å²) in [7, 11) is 0. The minimum atomic E-state index is -0.0714. The van der Waals surface area contributed by atoms with Crippen LogP contribution in [0.4, 0.5) is 0 Å². The molecule has 0 saturated carbocycles. The van der Waals surface area contributed by atoms with E-state index in [-0.39, 0.29) is 5.56 Å². The number of aryl methyl sites for hydroxylation is 3. The van der Waals surface area contributed by atoms with Crippen LogP contribution in [0, 0.1) is 20.8 Å². The predicted octanol–water partition coefficient (Wildman–Crippen LogP) is 3.95. The zero-order valence-corrected chi connectivity index (χ0v) is 13.8. The van der Waals surface area contributed by atoms with Crippen LogP contribution in [0.2, 0.25) is 0 Å². The van der Waals surface area contributed by atoms with Crippen molar-refractivity contribution in [3.8, 4) is 10.6 Å². The normalized spacial score (nSPS) is 10.9. The predicted molar refractivity (Wildman–Crippen MR) is 91.6 cm³/mol. The standard InChI is InChI=1S/C18H18N2OS/c1-12-4-5-13(2)15(10-12)11-20-18(21)9-7-16(19-20)17-8-6-14(3)22-17/h4-10H,11H2,1-3H3. The molecule has 3 rings (SSSR count). The quantitative estimate of drug-likeness (QED) is 0.734. The molecular formula is C18H18N2OS. The Labute approximate surface area is 133 Å². The average Bonchev–Trinajstić information content (AvgIpc) is 2.92. The van der Waals surface area contributed by atoms with Gasteiger partial charge >= 0.3 is 0 Å². The molecule has 0 bridgehead atoms. The van der Waals surface area contributed by atoms with Gasteiger partial charge in [-0.1, -0.05) is 23.8 Å². The van der Waals surface area contributed by atoms with Gasteiger partial charge in [0.15, 0.2) is 0 Å². The minimum absolute atomic E-state index is 0.0714. The van der Waals surface area contributed by atoms with Crippen molar-refractivity contribution >= 4 is 11.3 Å². The third-order valence-corrected chi connectivity index (χ3v) is 4.71. The summed E-state index contributed by atoms with van der Waals surface area (Å²) in [4.78, 5) is 14.4. The minimum Gasteiger partial charge on any atom is -0.268 e. The Morgan fingerprint density at radius 3 is 2.59 bits per heavy atom. The second-order valence-corrected chi connectivity index (χ2v) is 6.84. The van der Waals surface area contributed by atoms with Gasteiger partial charge in [-0.3, -0.25) is 4.79 Å². The van der Waals surface area contributed by atoms with Crippen LogP contribution in [-0.2, 0) is 6.54 Å². The largest absolute Gasteiger partial charge is 0.268 e. The van der Waals surface area contributed by atoms with E-state index in [2.05, 4.69) is 56.2 Å². The molecule has 4 heteroatoms. The van der Waals surface area contributed by atoms with Crippen molar-refractivity contribution in [1.82, 2.24) is 9.78 Å². The first-order valence-corrected chi connectivity index (χ1v) is 8.06. The van der Waals surface area contributed by atoms with E-state index in [1.54, 1.807) is 28.2 Å². The lowest BCUT2D eigenvalue weighted by molar-refractivity contribution is 0.640. The number of rotatable bonds is 3. The van der Waals surface area contributed by atoms with Crippen molar-refractivity contribution in [2.45, 2.75) is 27.3 Å². The monoisotopic (exact) mass is 310 g/mol. The van der Waals surface area contributed by atoms with Crippen LogP contribution in [0.15, 0.2) is 47.3 Å². The molecule has 3 nitrogen and oxygen atoms in total. The average molecular weight is 310 g/mol. The third-order valence-electron chi connectivity index (χ3n) is 3.68. The lowest BCUT2D eigenvalue weighted by Gasteiger charge is -2.09. The summed E-state index contributed by atoms with van der Waals surface area (Å²) >= 11 is 1.69. The van der Waals surface area contributed by atoms with Crippen LogP contribution >= 0.6 is 11.3 Å². The van der Waals surface area contributed by atoms with E-state index in [1.165, 1.54) is 16.0 Å². The van der Waals surface area contributed by atoms with Gasteiger partial charge in [0.1, 0.15) is 5.69 Å². The maximum absolute atomic E-state index is 12.1. The molecule has 0 spiro atoms. The Morgan fingerprint density at radius 2 is 1.86 bits per heavy atom. The molecule has 0 aliphatic rings.